The van der Waals surface area contributed by atoms with Gasteiger partial charge in [-0.3, -0.25) is 19.7 Å². The van der Waals surface area contributed by atoms with E-state index in [1.807, 2.05) is 0 Å². The second kappa shape index (κ2) is 8.40. The summed E-state index contributed by atoms with van der Waals surface area (Å²) in [6.07, 6.45) is 4.90. The first-order chi connectivity index (χ1) is 10.4. The van der Waals surface area contributed by atoms with Crippen molar-refractivity contribution in [3.63, 3.8) is 0 Å². The molecular weight excluding hydrogens is 292 g/mol. The quantitative estimate of drug-likeness (QED) is 0.358. The van der Waals surface area contributed by atoms with Crippen LogP contribution >= 0.6 is 0 Å². The summed E-state index contributed by atoms with van der Waals surface area (Å²) in [5.74, 6) is -1.59. The topological polar surface area (TPSA) is 112 Å². The number of hydrogen-bond acceptors (Lipinski definition) is 6. The average Bonchev–Trinajstić information content (AvgIpc) is 2.94. The van der Waals surface area contributed by atoms with E-state index in [-0.39, 0.29) is 18.2 Å². The zero-order valence-corrected chi connectivity index (χ0v) is 12.2. The summed E-state index contributed by atoms with van der Waals surface area (Å²) >= 11 is 0. The van der Waals surface area contributed by atoms with Crippen LogP contribution in [-0.4, -0.2) is 23.4 Å². The highest BCUT2D eigenvalue weighted by atomic mass is 16.6. The number of carbonyl (C=O) groups excluding carboxylic acids is 2. The van der Waals surface area contributed by atoms with Gasteiger partial charge in [-0.25, -0.2) is 0 Å². The summed E-state index contributed by atoms with van der Waals surface area (Å²) in [5, 5.41) is 13.0. The Labute approximate surface area is 126 Å². The van der Waals surface area contributed by atoms with Crippen molar-refractivity contribution in [1.82, 2.24) is 5.32 Å². The smallest absolute Gasteiger partial charge is 0.433 e. The van der Waals surface area contributed by atoms with E-state index in [1.54, 1.807) is 32.1 Å². The van der Waals surface area contributed by atoms with E-state index in [1.165, 1.54) is 6.07 Å². The zero-order chi connectivity index (χ0) is 16.5. The molecule has 8 nitrogen and oxygen atoms in total. The van der Waals surface area contributed by atoms with E-state index in [0.717, 1.165) is 6.07 Å². The Kier molecular flexibility index (Phi) is 6.55. The van der Waals surface area contributed by atoms with E-state index in [0.29, 0.717) is 12.3 Å². The number of amides is 1. The van der Waals surface area contributed by atoms with Crippen molar-refractivity contribution in [3.8, 4) is 0 Å². The highest BCUT2D eigenvalue weighted by Gasteiger charge is 2.16. The van der Waals surface area contributed by atoms with Crippen molar-refractivity contribution in [3.05, 3.63) is 51.9 Å². The SMILES string of the molecule is CCOC(=O)C/C=C\C=C(/C)NC(=O)c1ccc([N+](=O)[O-])o1. The molecule has 0 fully saturated rings. The van der Waals surface area contributed by atoms with Crippen LogP contribution < -0.4 is 5.32 Å². The van der Waals surface area contributed by atoms with Gasteiger partial charge in [0.1, 0.15) is 4.92 Å². The fraction of sp³-hybridized carbons (Fsp3) is 0.286. The van der Waals surface area contributed by atoms with Gasteiger partial charge in [0, 0.05) is 5.70 Å². The van der Waals surface area contributed by atoms with E-state index in [9.17, 15) is 19.7 Å². The molecule has 0 saturated heterocycles. The minimum Gasteiger partial charge on any atom is -0.466 e. The van der Waals surface area contributed by atoms with Crippen molar-refractivity contribution < 1.29 is 23.7 Å². The fourth-order valence-corrected chi connectivity index (χ4v) is 1.43. The maximum Gasteiger partial charge on any atom is 0.433 e. The lowest BCUT2D eigenvalue weighted by Crippen LogP contribution is -2.20. The van der Waals surface area contributed by atoms with Crippen LogP contribution in [-0.2, 0) is 9.53 Å². The summed E-state index contributed by atoms with van der Waals surface area (Å²) in [7, 11) is 0. The summed E-state index contributed by atoms with van der Waals surface area (Å²) < 4.78 is 9.52. The monoisotopic (exact) mass is 308 g/mol. The van der Waals surface area contributed by atoms with Crippen LogP contribution in [0.1, 0.15) is 30.8 Å². The Morgan fingerprint density at radius 3 is 2.77 bits per heavy atom. The molecule has 1 rings (SSSR count). The van der Waals surface area contributed by atoms with Crippen molar-refractivity contribution in [2.75, 3.05) is 6.61 Å². The Morgan fingerprint density at radius 2 is 2.18 bits per heavy atom. The molecule has 118 valence electrons. The lowest BCUT2D eigenvalue weighted by molar-refractivity contribution is -0.402. The molecule has 1 amide bonds. The number of rotatable bonds is 7. The van der Waals surface area contributed by atoms with Gasteiger partial charge in [0.25, 0.3) is 5.91 Å². The number of ether oxygens (including phenoxy) is 1. The second-order valence-electron chi connectivity index (χ2n) is 4.14. The molecule has 0 saturated carbocycles. The van der Waals surface area contributed by atoms with E-state index < -0.39 is 16.7 Å². The minimum atomic E-state index is -0.725. The van der Waals surface area contributed by atoms with Crippen LogP contribution in [0, 0.1) is 10.1 Å². The summed E-state index contributed by atoms with van der Waals surface area (Å²) in [5.41, 5.74) is 0.490. The first kappa shape index (κ1) is 17.2. The number of esters is 1. The largest absolute Gasteiger partial charge is 0.466 e. The van der Waals surface area contributed by atoms with Crippen LogP contribution in [0.3, 0.4) is 0 Å². The maximum atomic E-state index is 11.8. The van der Waals surface area contributed by atoms with Crippen molar-refractivity contribution in [2.24, 2.45) is 0 Å². The van der Waals surface area contributed by atoms with Crippen LogP contribution in [0.15, 0.2) is 40.5 Å². The van der Waals surface area contributed by atoms with E-state index in [2.05, 4.69) is 5.32 Å². The Hall–Kier alpha value is -2.90. The molecule has 1 heterocycles. The van der Waals surface area contributed by atoms with Gasteiger partial charge in [-0.05, 0) is 26.0 Å². The highest BCUT2D eigenvalue weighted by molar-refractivity contribution is 5.92. The molecule has 0 unspecified atom stereocenters. The first-order valence-corrected chi connectivity index (χ1v) is 6.48. The molecule has 1 aromatic rings. The average molecular weight is 308 g/mol. The van der Waals surface area contributed by atoms with Crippen LogP contribution in [0.25, 0.3) is 0 Å². The summed E-state index contributed by atoms with van der Waals surface area (Å²) in [6.45, 7) is 3.68. The third-order valence-corrected chi connectivity index (χ3v) is 2.38. The molecule has 0 atom stereocenters. The van der Waals surface area contributed by atoms with Gasteiger partial charge in [0.2, 0.25) is 0 Å². The molecular formula is C14H16N2O6. The van der Waals surface area contributed by atoms with Gasteiger partial charge in [-0.15, -0.1) is 0 Å². The van der Waals surface area contributed by atoms with Crippen LogP contribution in [0.5, 0.6) is 0 Å². The second-order valence-corrected chi connectivity index (χ2v) is 4.14. The molecule has 0 radical (unpaired) electrons. The van der Waals surface area contributed by atoms with Gasteiger partial charge in [0.05, 0.1) is 19.1 Å². The van der Waals surface area contributed by atoms with Gasteiger partial charge >= 0.3 is 11.9 Å². The van der Waals surface area contributed by atoms with Crippen molar-refractivity contribution in [2.45, 2.75) is 20.3 Å². The molecule has 1 N–H and O–H groups in total. The maximum absolute atomic E-state index is 11.8. The van der Waals surface area contributed by atoms with Gasteiger partial charge in [-0.1, -0.05) is 12.2 Å². The van der Waals surface area contributed by atoms with Crippen LogP contribution in [0.2, 0.25) is 0 Å². The number of nitro groups is 1. The number of hydrogen-bond donors (Lipinski definition) is 1. The fourth-order valence-electron chi connectivity index (χ4n) is 1.43. The normalized spacial score (nSPS) is 11.5. The predicted octanol–water partition coefficient (Wildman–Crippen LogP) is 2.33. The predicted molar refractivity (Wildman–Crippen MR) is 77.0 cm³/mol. The number of carbonyl (C=O) groups is 2. The van der Waals surface area contributed by atoms with Gasteiger partial charge < -0.3 is 14.5 Å². The summed E-state index contributed by atoms with van der Waals surface area (Å²) in [6, 6.07) is 2.32. The minimum absolute atomic E-state index is 0.135. The summed E-state index contributed by atoms with van der Waals surface area (Å²) in [4.78, 5) is 32.6. The van der Waals surface area contributed by atoms with Gasteiger partial charge in [-0.2, -0.15) is 0 Å². The standard InChI is InChI=1S/C14H16N2O6/c1-3-21-13(17)7-5-4-6-10(2)15-14(18)11-8-9-12(22-11)16(19)20/h4-6,8-9H,3,7H2,1-2H3,(H,15,18)/b5-4-,10-6+. The number of nitrogens with zero attached hydrogens (tertiary/aromatic N) is 1. The van der Waals surface area contributed by atoms with E-state index >= 15 is 0 Å². The molecule has 0 bridgehead atoms. The molecule has 8 heteroatoms. The Bertz CT molecular complexity index is 615. The number of furan rings is 1. The molecule has 0 aliphatic carbocycles. The molecule has 22 heavy (non-hydrogen) atoms. The Balaban J connectivity index is 2.52. The molecule has 0 aromatic carbocycles. The highest BCUT2D eigenvalue weighted by Crippen LogP contribution is 2.15. The lowest BCUT2D eigenvalue weighted by Gasteiger charge is -2.01. The number of nitrogens with one attached hydrogen (secondary N) is 1. The third-order valence-electron chi connectivity index (χ3n) is 2.38. The Morgan fingerprint density at radius 1 is 1.45 bits per heavy atom. The third kappa shape index (κ3) is 5.61. The van der Waals surface area contributed by atoms with Crippen molar-refractivity contribution in [1.29, 1.82) is 0 Å². The first-order valence-electron chi connectivity index (χ1n) is 6.48. The zero-order valence-electron chi connectivity index (χ0n) is 12.2. The van der Waals surface area contributed by atoms with Crippen molar-refractivity contribution >= 4 is 17.8 Å². The van der Waals surface area contributed by atoms with Crippen LogP contribution in [0.4, 0.5) is 5.88 Å². The molecule has 1 aromatic heterocycles. The molecule has 0 aliphatic rings. The lowest BCUT2D eigenvalue weighted by atomic mass is 10.3. The van der Waals surface area contributed by atoms with Gasteiger partial charge in [0.15, 0.2) is 5.76 Å². The molecule has 0 spiro atoms. The van der Waals surface area contributed by atoms with E-state index in [4.69, 9.17) is 9.15 Å². The number of allylic oxidation sites excluding steroid dienone is 3. The molecule has 0 aliphatic heterocycles.